The maximum Gasteiger partial charge on any atom is 0.211 e. The normalized spacial score (nSPS) is 20.2. The summed E-state index contributed by atoms with van der Waals surface area (Å²) in [7, 11) is -3.04. The number of hydrogen-bond donors (Lipinski definition) is 1. The van der Waals surface area contributed by atoms with Crippen molar-refractivity contribution in [2.45, 2.75) is 20.3 Å². The van der Waals surface area contributed by atoms with Crippen LogP contribution >= 0.6 is 0 Å². The topological polar surface area (TPSA) is 49.4 Å². The Morgan fingerprint density at radius 1 is 1.22 bits per heavy atom. The molecule has 1 aromatic carbocycles. The van der Waals surface area contributed by atoms with Crippen molar-refractivity contribution < 1.29 is 8.42 Å². The number of benzene rings is 1. The van der Waals surface area contributed by atoms with Crippen molar-refractivity contribution in [3.8, 4) is 0 Å². The molecule has 1 aliphatic rings. The van der Waals surface area contributed by atoms with Crippen LogP contribution in [0.3, 0.4) is 0 Å². The van der Waals surface area contributed by atoms with Crippen molar-refractivity contribution in [3.05, 3.63) is 29.3 Å². The van der Waals surface area contributed by atoms with E-state index in [4.69, 9.17) is 0 Å². The number of sulfonamides is 1. The zero-order valence-corrected chi connectivity index (χ0v) is 11.8. The Balaban J connectivity index is 2.16. The summed E-state index contributed by atoms with van der Waals surface area (Å²) in [5.74, 6) is 0.217. The first-order valence-electron chi connectivity index (χ1n) is 6.27. The van der Waals surface area contributed by atoms with Gasteiger partial charge in [0.15, 0.2) is 0 Å². The molecule has 2 rings (SSSR count). The van der Waals surface area contributed by atoms with Crippen LogP contribution in [-0.4, -0.2) is 33.8 Å². The van der Waals surface area contributed by atoms with Gasteiger partial charge in [0.05, 0.1) is 5.75 Å². The average molecular weight is 268 g/mol. The third-order valence-corrected chi connectivity index (χ3v) is 4.72. The summed E-state index contributed by atoms with van der Waals surface area (Å²) in [4.78, 5) is 2.27. The summed E-state index contributed by atoms with van der Waals surface area (Å²) in [6, 6.07) is 6.39. The summed E-state index contributed by atoms with van der Waals surface area (Å²) in [6.45, 7) is 6.18. The average Bonchev–Trinajstić information content (AvgIpc) is 2.28. The van der Waals surface area contributed by atoms with Gasteiger partial charge in [0.2, 0.25) is 10.0 Å². The number of nitrogens with zero attached hydrogens (tertiary/aromatic N) is 1. The largest absolute Gasteiger partial charge is 0.370 e. The van der Waals surface area contributed by atoms with Gasteiger partial charge >= 0.3 is 0 Å². The van der Waals surface area contributed by atoms with Crippen molar-refractivity contribution in [1.82, 2.24) is 4.72 Å². The summed E-state index contributed by atoms with van der Waals surface area (Å²) in [6.07, 6.45) is 0.669. The highest BCUT2D eigenvalue weighted by atomic mass is 32.2. The van der Waals surface area contributed by atoms with Crippen molar-refractivity contribution in [2.24, 2.45) is 0 Å². The van der Waals surface area contributed by atoms with E-state index in [0.717, 1.165) is 13.1 Å². The van der Waals surface area contributed by atoms with E-state index in [0.29, 0.717) is 13.0 Å². The Morgan fingerprint density at radius 2 is 2.00 bits per heavy atom. The van der Waals surface area contributed by atoms with Crippen LogP contribution in [0.15, 0.2) is 18.2 Å². The first-order valence-corrected chi connectivity index (χ1v) is 7.93. The van der Waals surface area contributed by atoms with Gasteiger partial charge < -0.3 is 4.90 Å². The molecule has 1 N–H and O–H groups in total. The second-order valence-electron chi connectivity index (χ2n) is 4.84. The predicted octanol–water partition coefficient (Wildman–Crippen LogP) is 1.43. The third-order valence-electron chi connectivity index (χ3n) is 3.25. The zero-order valence-electron chi connectivity index (χ0n) is 10.9. The van der Waals surface area contributed by atoms with Gasteiger partial charge in [-0.05, 0) is 37.5 Å². The Bertz CT molecular complexity index is 510. The third kappa shape index (κ3) is 3.23. The van der Waals surface area contributed by atoms with E-state index in [9.17, 15) is 8.42 Å². The molecule has 5 heteroatoms. The summed E-state index contributed by atoms with van der Waals surface area (Å²) in [5, 5.41) is 0. The molecule has 4 nitrogen and oxygen atoms in total. The molecule has 0 spiro atoms. The van der Waals surface area contributed by atoms with E-state index < -0.39 is 10.0 Å². The van der Waals surface area contributed by atoms with Gasteiger partial charge in [-0.15, -0.1) is 0 Å². The van der Waals surface area contributed by atoms with Gasteiger partial charge in [0.25, 0.3) is 0 Å². The maximum absolute atomic E-state index is 11.5. The summed E-state index contributed by atoms with van der Waals surface area (Å²) >= 11 is 0. The molecule has 0 amide bonds. The second kappa shape index (κ2) is 5.28. The van der Waals surface area contributed by atoms with Crippen LogP contribution < -0.4 is 9.62 Å². The van der Waals surface area contributed by atoms with Crippen LogP contribution in [0.1, 0.15) is 17.5 Å². The van der Waals surface area contributed by atoms with Gasteiger partial charge in [-0.2, -0.15) is 0 Å². The van der Waals surface area contributed by atoms with Crippen molar-refractivity contribution in [2.75, 3.05) is 30.3 Å². The number of aryl methyl sites for hydroxylation is 2. The first-order chi connectivity index (χ1) is 8.48. The van der Waals surface area contributed by atoms with Crippen LogP contribution in [0.5, 0.6) is 0 Å². The quantitative estimate of drug-likeness (QED) is 0.838. The summed E-state index contributed by atoms with van der Waals surface area (Å²) in [5.41, 5.74) is 3.69. The molecule has 1 saturated heterocycles. The molecular weight excluding hydrogens is 248 g/mol. The van der Waals surface area contributed by atoms with Gasteiger partial charge in [-0.3, -0.25) is 0 Å². The molecule has 1 aliphatic heterocycles. The molecular formula is C13H20N2O2S. The van der Waals surface area contributed by atoms with E-state index in [1.165, 1.54) is 16.8 Å². The Kier molecular flexibility index (Phi) is 3.92. The fraction of sp³-hybridized carbons (Fsp3) is 0.538. The molecule has 0 aliphatic carbocycles. The minimum absolute atomic E-state index is 0.217. The standard InChI is InChI=1S/C13H20N2O2S/c1-11-4-5-12(2)13(10-11)15-7-3-9-18(16,17)14-6-8-15/h4-5,10,14H,3,6-9H2,1-2H3. The van der Waals surface area contributed by atoms with Crippen LogP contribution in [-0.2, 0) is 10.0 Å². The van der Waals surface area contributed by atoms with Gasteiger partial charge in [0.1, 0.15) is 0 Å². The Labute approximate surface area is 109 Å². The molecule has 0 aromatic heterocycles. The summed E-state index contributed by atoms with van der Waals surface area (Å²) < 4.78 is 25.5. The van der Waals surface area contributed by atoms with E-state index >= 15 is 0 Å². The molecule has 0 atom stereocenters. The van der Waals surface area contributed by atoms with Crippen LogP contribution in [0.4, 0.5) is 5.69 Å². The van der Waals surface area contributed by atoms with Gasteiger partial charge in [-0.1, -0.05) is 12.1 Å². The van der Waals surface area contributed by atoms with Crippen molar-refractivity contribution in [1.29, 1.82) is 0 Å². The minimum atomic E-state index is -3.04. The van der Waals surface area contributed by atoms with Crippen LogP contribution in [0.25, 0.3) is 0 Å². The lowest BCUT2D eigenvalue weighted by Gasteiger charge is -2.28. The Morgan fingerprint density at radius 3 is 2.78 bits per heavy atom. The number of hydrogen-bond acceptors (Lipinski definition) is 3. The zero-order chi connectivity index (χ0) is 13.2. The maximum atomic E-state index is 11.5. The Hall–Kier alpha value is -1.07. The monoisotopic (exact) mass is 268 g/mol. The van der Waals surface area contributed by atoms with Crippen molar-refractivity contribution >= 4 is 15.7 Å². The highest BCUT2D eigenvalue weighted by Crippen LogP contribution is 2.22. The lowest BCUT2D eigenvalue weighted by Crippen LogP contribution is -2.40. The van der Waals surface area contributed by atoms with E-state index in [-0.39, 0.29) is 5.75 Å². The molecule has 0 unspecified atom stereocenters. The number of anilines is 1. The van der Waals surface area contributed by atoms with Crippen LogP contribution in [0.2, 0.25) is 0 Å². The molecule has 1 fully saturated rings. The highest BCUT2D eigenvalue weighted by Gasteiger charge is 2.17. The highest BCUT2D eigenvalue weighted by molar-refractivity contribution is 7.89. The van der Waals surface area contributed by atoms with Crippen molar-refractivity contribution in [3.63, 3.8) is 0 Å². The van der Waals surface area contributed by atoms with E-state index in [2.05, 4.69) is 41.7 Å². The number of rotatable bonds is 1. The number of nitrogens with one attached hydrogen (secondary N) is 1. The molecule has 18 heavy (non-hydrogen) atoms. The molecule has 0 bridgehead atoms. The second-order valence-corrected chi connectivity index (χ2v) is 6.77. The van der Waals surface area contributed by atoms with Gasteiger partial charge in [-0.25, -0.2) is 13.1 Å². The lowest BCUT2D eigenvalue weighted by molar-refractivity contribution is 0.570. The van der Waals surface area contributed by atoms with E-state index in [1.54, 1.807) is 0 Å². The smallest absolute Gasteiger partial charge is 0.211 e. The van der Waals surface area contributed by atoms with Gasteiger partial charge in [0, 0.05) is 25.3 Å². The van der Waals surface area contributed by atoms with E-state index in [1.807, 2.05) is 0 Å². The molecule has 1 heterocycles. The lowest BCUT2D eigenvalue weighted by atomic mass is 10.1. The molecule has 100 valence electrons. The molecule has 0 saturated carbocycles. The molecule has 1 aromatic rings. The predicted molar refractivity (Wildman–Crippen MR) is 74.5 cm³/mol. The molecule has 0 radical (unpaired) electrons. The van der Waals surface area contributed by atoms with Crippen LogP contribution in [0, 0.1) is 13.8 Å². The fourth-order valence-electron chi connectivity index (χ4n) is 2.27. The minimum Gasteiger partial charge on any atom is -0.370 e. The fourth-order valence-corrected chi connectivity index (χ4v) is 3.32. The first kappa shape index (κ1) is 13.4. The SMILES string of the molecule is Cc1ccc(C)c(N2CCCS(=O)(=O)NCC2)c1.